The smallest absolute Gasteiger partial charge is 0.409 e. The van der Waals surface area contributed by atoms with Crippen molar-refractivity contribution in [3.63, 3.8) is 0 Å². The van der Waals surface area contributed by atoms with Crippen LogP contribution in [0.3, 0.4) is 0 Å². The lowest BCUT2D eigenvalue weighted by Gasteiger charge is -2.39. The number of alkyl halides is 3. The van der Waals surface area contributed by atoms with Crippen molar-refractivity contribution >= 4 is 23.6 Å². The van der Waals surface area contributed by atoms with Gasteiger partial charge in [-0.15, -0.1) is 0 Å². The number of nitrogens with two attached hydrogens (primary N) is 1. The number of rotatable bonds is 4. The number of ether oxygens (including phenoxy) is 1. The molecule has 0 aliphatic carbocycles. The summed E-state index contributed by atoms with van der Waals surface area (Å²) < 4.78 is 44.3. The molecule has 0 saturated carbocycles. The highest BCUT2D eigenvalue weighted by molar-refractivity contribution is 6.30. The summed E-state index contributed by atoms with van der Waals surface area (Å²) in [5.41, 5.74) is 4.95. The lowest BCUT2D eigenvalue weighted by atomic mass is 10.1. The van der Waals surface area contributed by atoms with Crippen LogP contribution in [0, 0.1) is 0 Å². The number of hydrogen-bond donors (Lipinski definition) is 1. The fourth-order valence-electron chi connectivity index (χ4n) is 3.38. The standard InChI is InChI=1S/C20H20ClF3N4O3/c1-12-10-27(11-13-4-15(20(22,23)24)7-16(21)5-13)2-3-28(12)19(30)31-17-6-14(18(25)29)8-26-9-17/h4-9,12H,2-3,10-11H2,1H3,(H2,25,29)/t12-/m1/s1. The van der Waals surface area contributed by atoms with Crippen LogP contribution >= 0.6 is 11.6 Å². The molecule has 1 aliphatic rings. The lowest BCUT2D eigenvalue weighted by molar-refractivity contribution is -0.137. The van der Waals surface area contributed by atoms with E-state index in [4.69, 9.17) is 22.1 Å². The Balaban J connectivity index is 1.62. The van der Waals surface area contributed by atoms with Gasteiger partial charge in [-0.25, -0.2) is 4.79 Å². The van der Waals surface area contributed by atoms with Crippen molar-refractivity contribution in [3.05, 3.63) is 58.4 Å². The molecule has 0 unspecified atom stereocenters. The van der Waals surface area contributed by atoms with Gasteiger partial charge in [-0.3, -0.25) is 14.7 Å². The monoisotopic (exact) mass is 456 g/mol. The highest BCUT2D eigenvalue weighted by atomic mass is 35.5. The van der Waals surface area contributed by atoms with Crippen molar-refractivity contribution in [1.82, 2.24) is 14.8 Å². The van der Waals surface area contributed by atoms with E-state index in [9.17, 15) is 22.8 Å². The van der Waals surface area contributed by atoms with Gasteiger partial charge >= 0.3 is 12.3 Å². The normalized spacial score (nSPS) is 17.5. The Labute approximate surface area is 181 Å². The second kappa shape index (κ2) is 9.11. The van der Waals surface area contributed by atoms with Crippen LogP contribution in [0.15, 0.2) is 36.7 Å². The molecule has 1 aromatic heterocycles. The highest BCUT2D eigenvalue weighted by Crippen LogP contribution is 2.32. The molecule has 31 heavy (non-hydrogen) atoms. The summed E-state index contributed by atoms with van der Waals surface area (Å²) in [6.45, 7) is 3.26. The first-order valence-corrected chi connectivity index (χ1v) is 9.73. The minimum absolute atomic E-state index is 0.0203. The fraction of sp³-hybridized carbons (Fsp3) is 0.350. The predicted octanol–water partition coefficient (Wildman–Crippen LogP) is 3.56. The van der Waals surface area contributed by atoms with Crippen LogP contribution in [0.25, 0.3) is 0 Å². The maximum Gasteiger partial charge on any atom is 0.416 e. The molecule has 3 rings (SSSR count). The topological polar surface area (TPSA) is 88.8 Å². The Kier molecular flexibility index (Phi) is 6.71. The first kappa shape index (κ1) is 22.8. The molecule has 1 saturated heterocycles. The third-order valence-corrected chi connectivity index (χ3v) is 5.06. The molecule has 0 bridgehead atoms. The molecule has 2 N–H and O–H groups in total. The van der Waals surface area contributed by atoms with Crippen LogP contribution in [0.4, 0.5) is 18.0 Å². The number of piperazine rings is 1. The van der Waals surface area contributed by atoms with Crippen LogP contribution in [0.5, 0.6) is 5.75 Å². The highest BCUT2D eigenvalue weighted by Gasteiger charge is 2.32. The lowest BCUT2D eigenvalue weighted by Crippen LogP contribution is -2.54. The van der Waals surface area contributed by atoms with E-state index in [1.165, 1.54) is 29.4 Å². The zero-order valence-corrected chi connectivity index (χ0v) is 17.3. The molecule has 7 nitrogen and oxygen atoms in total. The molecular weight excluding hydrogens is 437 g/mol. The van der Waals surface area contributed by atoms with Crippen LogP contribution in [-0.2, 0) is 12.7 Å². The van der Waals surface area contributed by atoms with Crippen LogP contribution in [0.2, 0.25) is 5.02 Å². The molecule has 0 radical (unpaired) electrons. The maximum absolute atomic E-state index is 13.0. The zero-order chi connectivity index (χ0) is 22.8. The molecule has 2 aromatic rings. The first-order valence-electron chi connectivity index (χ1n) is 9.35. The van der Waals surface area contributed by atoms with Gasteiger partial charge in [0, 0.05) is 43.4 Å². The molecule has 1 aromatic carbocycles. The summed E-state index contributed by atoms with van der Waals surface area (Å²) in [6, 6.07) is 4.54. The van der Waals surface area contributed by atoms with E-state index >= 15 is 0 Å². The molecule has 1 fully saturated rings. The number of aromatic nitrogens is 1. The number of carbonyl (C=O) groups excluding carboxylic acids is 2. The van der Waals surface area contributed by atoms with Crippen molar-refractivity contribution in [2.75, 3.05) is 19.6 Å². The molecule has 1 aliphatic heterocycles. The molecule has 166 valence electrons. The van der Waals surface area contributed by atoms with Gasteiger partial charge in [0.15, 0.2) is 5.75 Å². The molecule has 2 amide bonds. The van der Waals surface area contributed by atoms with E-state index in [1.807, 2.05) is 11.8 Å². The number of halogens is 4. The van der Waals surface area contributed by atoms with Gasteiger partial charge in [-0.1, -0.05) is 11.6 Å². The number of hydrogen-bond acceptors (Lipinski definition) is 5. The van der Waals surface area contributed by atoms with E-state index < -0.39 is 23.7 Å². The van der Waals surface area contributed by atoms with Crippen molar-refractivity contribution in [3.8, 4) is 5.75 Å². The number of primary amides is 1. The molecular formula is C20H20ClF3N4O3. The van der Waals surface area contributed by atoms with Gasteiger partial charge in [0.25, 0.3) is 0 Å². The van der Waals surface area contributed by atoms with Gasteiger partial charge in [0.05, 0.1) is 17.3 Å². The summed E-state index contributed by atoms with van der Waals surface area (Å²) in [4.78, 5) is 31.0. The van der Waals surface area contributed by atoms with E-state index in [1.54, 1.807) is 0 Å². The molecule has 1 atom stereocenters. The van der Waals surface area contributed by atoms with Gasteiger partial charge in [0.2, 0.25) is 5.91 Å². The Morgan fingerprint density at radius 2 is 1.97 bits per heavy atom. The number of nitrogens with zero attached hydrogens (tertiary/aromatic N) is 3. The Morgan fingerprint density at radius 3 is 2.61 bits per heavy atom. The van der Waals surface area contributed by atoms with E-state index in [0.717, 1.165) is 12.1 Å². The Bertz CT molecular complexity index is 986. The second-order valence-electron chi connectivity index (χ2n) is 7.26. The van der Waals surface area contributed by atoms with Gasteiger partial charge in [-0.05, 0) is 36.8 Å². The predicted molar refractivity (Wildman–Crippen MR) is 107 cm³/mol. The van der Waals surface area contributed by atoms with Crippen LogP contribution in [0.1, 0.15) is 28.4 Å². The number of pyridine rings is 1. The fourth-order valence-corrected chi connectivity index (χ4v) is 3.64. The summed E-state index contributed by atoms with van der Waals surface area (Å²) in [6.07, 6.45) is -2.53. The maximum atomic E-state index is 13.0. The SMILES string of the molecule is C[C@@H]1CN(Cc2cc(Cl)cc(C(F)(F)F)c2)CCN1C(=O)Oc1cncc(C(N)=O)c1. The zero-order valence-electron chi connectivity index (χ0n) is 16.5. The summed E-state index contributed by atoms with van der Waals surface area (Å²) in [5, 5.41) is 0.0203. The van der Waals surface area contributed by atoms with E-state index in [0.29, 0.717) is 25.2 Å². The second-order valence-corrected chi connectivity index (χ2v) is 7.70. The largest absolute Gasteiger partial charge is 0.416 e. The number of carbonyl (C=O) groups is 2. The average molecular weight is 457 g/mol. The number of benzene rings is 1. The van der Waals surface area contributed by atoms with Crippen molar-refractivity contribution < 1.29 is 27.5 Å². The van der Waals surface area contributed by atoms with E-state index in [-0.39, 0.29) is 28.9 Å². The average Bonchev–Trinajstić information content (AvgIpc) is 2.67. The minimum Gasteiger partial charge on any atom is -0.409 e. The Hall–Kier alpha value is -2.85. The van der Waals surface area contributed by atoms with E-state index in [2.05, 4.69) is 4.98 Å². The third-order valence-electron chi connectivity index (χ3n) is 4.84. The van der Waals surface area contributed by atoms with Gasteiger partial charge < -0.3 is 15.4 Å². The summed E-state index contributed by atoms with van der Waals surface area (Å²) in [5.74, 6) is -0.600. The quantitative estimate of drug-likeness (QED) is 0.760. The minimum atomic E-state index is -4.48. The molecule has 0 spiro atoms. The van der Waals surface area contributed by atoms with Gasteiger partial charge in [0.1, 0.15) is 0 Å². The molecule has 11 heteroatoms. The van der Waals surface area contributed by atoms with Crippen molar-refractivity contribution in [2.45, 2.75) is 25.7 Å². The van der Waals surface area contributed by atoms with Crippen molar-refractivity contribution in [2.24, 2.45) is 5.73 Å². The molecule has 2 heterocycles. The third kappa shape index (κ3) is 5.86. The summed E-state index contributed by atoms with van der Waals surface area (Å²) in [7, 11) is 0. The Morgan fingerprint density at radius 1 is 1.23 bits per heavy atom. The van der Waals surface area contributed by atoms with Crippen LogP contribution in [-0.4, -0.2) is 52.5 Å². The van der Waals surface area contributed by atoms with Crippen molar-refractivity contribution in [1.29, 1.82) is 0 Å². The summed E-state index contributed by atoms with van der Waals surface area (Å²) >= 11 is 5.85. The first-order chi connectivity index (χ1) is 14.5. The van der Waals surface area contributed by atoms with Crippen LogP contribution < -0.4 is 10.5 Å². The van der Waals surface area contributed by atoms with Gasteiger partial charge in [-0.2, -0.15) is 13.2 Å². The number of amides is 2.